The van der Waals surface area contributed by atoms with Crippen LogP contribution in [-0.4, -0.2) is 63.7 Å². The quantitative estimate of drug-likeness (QED) is 0.165. The van der Waals surface area contributed by atoms with Crippen LogP contribution in [0.25, 0.3) is 0 Å². The molecule has 0 bridgehead atoms. The fourth-order valence-corrected chi connectivity index (χ4v) is 18.5. The zero-order valence-electron chi connectivity index (χ0n) is 31.7. The SMILES string of the molecule is CC(C)[Si](O[C@@H](c1ccccc1)[C@@H]1OC(C)(C)O[C@@H]([C@@H](O)CCO[Si](c2ccccc2)(c2ccccc2)C(C)(C)C)[C@H]1O)(C(C)C)C(C)C. The molecule has 0 unspecified atom stereocenters. The maximum absolute atomic E-state index is 12.1. The molecule has 1 aliphatic heterocycles. The predicted molar refractivity (Wildman–Crippen MR) is 205 cm³/mol. The van der Waals surface area contributed by atoms with Crippen molar-refractivity contribution in [1.82, 2.24) is 0 Å². The van der Waals surface area contributed by atoms with E-state index >= 15 is 0 Å². The summed E-state index contributed by atoms with van der Waals surface area (Å²) < 4.78 is 27.4. The van der Waals surface area contributed by atoms with Crippen LogP contribution >= 0.6 is 0 Å². The molecule has 1 fully saturated rings. The highest BCUT2D eigenvalue weighted by Gasteiger charge is 2.54. The summed E-state index contributed by atoms with van der Waals surface area (Å²) in [5.41, 5.74) is 1.96. The highest BCUT2D eigenvalue weighted by atomic mass is 28.4. The lowest BCUT2D eigenvalue weighted by atomic mass is 9.92. The van der Waals surface area contributed by atoms with Gasteiger partial charge in [0.2, 0.25) is 8.32 Å². The number of benzene rings is 3. The van der Waals surface area contributed by atoms with Crippen LogP contribution in [0.5, 0.6) is 0 Å². The third kappa shape index (κ3) is 8.34. The molecule has 8 heteroatoms. The van der Waals surface area contributed by atoms with E-state index in [2.05, 4.69) is 111 Å². The minimum atomic E-state index is -2.80. The van der Waals surface area contributed by atoms with Gasteiger partial charge in [-0.1, -0.05) is 153 Å². The van der Waals surface area contributed by atoms with Crippen LogP contribution in [0, 0.1) is 0 Å². The van der Waals surface area contributed by atoms with Crippen LogP contribution < -0.4 is 10.4 Å². The van der Waals surface area contributed by atoms with Crippen molar-refractivity contribution in [3.8, 4) is 0 Å². The summed E-state index contributed by atoms with van der Waals surface area (Å²) >= 11 is 0. The van der Waals surface area contributed by atoms with E-state index in [0.717, 1.165) is 5.56 Å². The number of aliphatic hydroxyl groups is 2. The van der Waals surface area contributed by atoms with Gasteiger partial charge in [0.1, 0.15) is 18.3 Å². The van der Waals surface area contributed by atoms with E-state index in [1.54, 1.807) is 0 Å². The lowest BCUT2D eigenvalue weighted by molar-refractivity contribution is -0.356. The Morgan fingerprint density at radius 2 is 1.14 bits per heavy atom. The van der Waals surface area contributed by atoms with Gasteiger partial charge >= 0.3 is 0 Å². The first-order valence-electron chi connectivity index (χ1n) is 18.2. The molecular formula is C41H62O6Si2. The maximum Gasteiger partial charge on any atom is 0.261 e. The first-order chi connectivity index (χ1) is 23.0. The second-order valence-corrected chi connectivity index (χ2v) is 25.9. The Hall–Kier alpha value is -2.15. The van der Waals surface area contributed by atoms with Gasteiger partial charge in [-0.25, -0.2) is 0 Å². The molecule has 0 saturated carbocycles. The largest absolute Gasteiger partial charge is 0.407 e. The number of hydrogen-bond donors (Lipinski definition) is 2. The van der Waals surface area contributed by atoms with Gasteiger partial charge in [0.25, 0.3) is 8.32 Å². The molecule has 0 aromatic heterocycles. The summed E-state index contributed by atoms with van der Waals surface area (Å²) in [4.78, 5) is 0. The van der Waals surface area contributed by atoms with E-state index in [-0.39, 0.29) is 11.5 Å². The fourth-order valence-electron chi connectivity index (χ4n) is 8.41. The van der Waals surface area contributed by atoms with Crippen molar-refractivity contribution >= 4 is 27.0 Å². The lowest BCUT2D eigenvalue weighted by Crippen LogP contribution is -2.66. The Bertz CT molecular complexity index is 1360. The standard InChI is InChI=1S/C41H62O6Si2/c1-29(2)48(30(3)4,31(5)6)47-37(32-21-15-12-16-22-32)39-36(43)38(45-41(10,11)46-39)35(42)27-28-44-49(40(7,8)9,33-23-17-13-18-24-33)34-25-19-14-20-26-34/h12-26,29-31,35-39,42-43H,27-28H2,1-11H3/t35-,36+,37-,38-,39+/m0/s1. The predicted octanol–water partition coefficient (Wildman–Crippen LogP) is 8.13. The molecule has 3 aromatic rings. The molecule has 1 saturated heterocycles. The summed E-state index contributed by atoms with van der Waals surface area (Å²) in [5, 5.41) is 26.1. The van der Waals surface area contributed by atoms with Crippen LogP contribution in [0.3, 0.4) is 0 Å². The van der Waals surface area contributed by atoms with Gasteiger partial charge < -0.3 is 28.5 Å². The molecule has 5 atom stereocenters. The zero-order valence-corrected chi connectivity index (χ0v) is 33.7. The third-order valence-corrected chi connectivity index (χ3v) is 21.6. The zero-order chi connectivity index (χ0) is 36.2. The van der Waals surface area contributed by atoms with Crippen LogP contribution in [0.1, 0.15) is 94.2 Å². The molecule has 0 amide bonds. The summed E-state index contributed by atoms with van der Waals surface area (Å²) in [6, 6.07) is 31.1. The second kappa shape index (κ2) is 16.0. The molecule has 0 spiro atoms. The summed E-state index contributed by atoms with van der Waals surface area (Å²) in [6.07, 6.45) is -4.06. The van der Waals surface area contributed by atoms with Crippen LogP contribution in [0.15, 0.2) is 91.0 Å². The molecule has 2 N–H and O–H groups in total. The van der Waals surface area contributed by atoms with Crippen molar-refractivity contribution in [3.63, 3.8) is 0 Å². The molecule has 49 heavy (non-hydrogen) atoms. The van der Waals surface area contributed by atoms with Crippen molar-refractivity contribution in [2.24, 2.45) is 0 Å². The van der Waals surface area contributed by atoms with Crippen molar-refractivity contribution < 1.29 is 28.5 Å². The molecule has 0 radical (unpaired) electrons. The normalized spacial score (nSPS) is 21.7. The fraction of sp³-hybridized carbons (Fsp3) is 0.561. The molecule has 3 aromatic carbocycles. The number of aliphatic hydroxyl groups excluding tert-OH is 2. The molecule has 270 valence electrons. The monoisotopic (exact) mass is 706 g/mol. The first-order valence-corrected chi connectivity index (χ1v) is 22.2. The maximum atomic E-state index is 12.1. The molecule has 0 aliphatic carbocycles. The van der Waals surface area contributed by atoms with E-state index < -0.39 is 52.9 Å². The minimum absolute atomic E-state index is 0.192. The topological polar surface area (TPSA) is 77.4 Å². The number of ether oxygens (including phenoxy) is 2. The highest BCUT2D eigenvalue weighted by molar-refractivity contribution is 6.99. The average molecular weight is 707 g/mol. The molecule has 1 heterocycles. The number of rotatable bonds is 14. The Kier molecular flexibility index (Phi) is 13.0. The van der Waals surface area contributed by atoms with Crippen molar-refractivity contribution in [3.05, 3.63) is 96.6 Å². The summed E-state index contributed by atoms with van der Waals surface area (Å²) in [6.45, 7) is 24.3. The van der Waals surface area contributed by atoms with E-state index in [9.17, 15) is 10.2 Å². The number of hydrogen-bond acceptors (Lipinski definition) is 6. The smallest absolute Gasteiger partial charge is 0.261 e. The molecular weight excluding hydrogens is 645 g/mol. The molecule has 4 rings (SSSR count). The van der Waals surface area contributed by atoms with Crippen LogP contribution in [0.4, 0.5) is 0 Å². The molecule has 6 nitrogen and oxygen atoms in total. The van der Waals surface area contributed by atoms with E-state index in [1.807, 2.05) is 56.3 Å². The highest BCUT2D eigenvalue weighted by Crippen LogP contribution is 2.48. The average Bonchev–Trinajstić information content (AvgIpc) is 3.04. The van der Waals surface area contributed by atoms with Gasteiger partial charge in [-0.15, -0.1) is 0 Å². The van der Waals surface area contributed by atoms with Gasteiger partial charge in [0, 0.05) is 6.61 Å². The van der Waals surface area contributed by atoms with Gasteiger partial charge in [0.15, 0.2) is 5.79 Å². The Labute approximate surface area is 298 Å². The van der Waals surface area contributed by atoms with Gasteiger partial charge in [-0.2, -0.15) is 0 Å². The third-order valence-electron chi connectivity index (χ3n) is 10.5. The van der Waals surface area contributed by atoms with Gasteiger partial charge in [-0.3, -0.25) is 0 Å². The Morgan fingerprint density at radius 3 is 1.57 bits per heavy atom. The second-order valence-electron chi connectivity index (χ2n) is 16.2. The Balaban J connectivity index is 1.66. The van der Waals surface area contributed by atoms with Crippen molar-refractivity contribution in [2.75, 3.05) is 6.61 Å². The van der Waals surface area contributed by atoms with E-state index in [4.69, 9.17) is 18.3 Å². The van der Waals surface area contributed by atoms with Crippen LogP contribution in [0.2, 0.25) is 21.7 Å². The van der Waals surface area contributed by atoms with Crippen LogP contribution in [-0.2, 0) is 18.3 Å². The summed E-state index contributed by atoms with van der Waals surface area (Å²) in [7, 11) is -5.22. The van der Waals surface area contributed by atoms with Crippen molar-refractivity contribution in [2.45, 2.75) is 141 Å². The minimum Gasteiger partial charge on any atom is -0.407 e. The molecule has 1 aliphatic rings. The van der Waals surface area contributed by atoms with Gasteiger partial charge in [0.05, 0.1) is 12.2 Å². The first kappa shape index (κ1) is 39.6. The van der Waals surface area contributed by atoms with Crippen molar-refractivity contribution in [1.29, 1.82) is 0 Å². The lowest BCUT2D eigenvalue weighted by Gasteiger charge is -2.51. The van der Waals surface area contributed by atoms with Gasteiger partial charge in [-0.05, 0) is 57.9 Å². The Morgan fingerprint density at radius 1 is 0.714 bits per heavy atom. The van der Waals surface area contributed by atoms with E-state index in [1.165, 1.54) is 10.4 Å². The van der Waals surface area contributed by atoms with E-state index in [0.29, 0.717) is 23.2 Å². The summed E-state index contributed by atoms with van der Waals surface area (Å²) in [5.74, 6) is -1.07.